The summed E-state index contributed by atoms with van der Waals surface area (Å²) >= 11 is 6.15. The maximum atomic E-state index is 6.15. The number of nitrogens with one attached hydrogen (secondary N) is 1. The molecule has 0 radical (unpaired) electrons. The standard InChI is InChI=1S/C18H27ClN4/c1-3-22(4-2)11-6-12-23-17-9-8-14(19)13-16(17)21-18(23)15-7-5-10-20-15/h8-9,13,15,20H,3-7,10-12H2,1-2H3. The molecule has 1 aliphatic heterocycles. The van der Waals surface area contributed by atoms with Gasteiger partial charge in [-0.3, -0.25) is 0 Å². The summed E-state index contributed by atoms with van der Waals surface area (Å²) in [5, 5.41) is 4.34. The summed E-state index contributed by atoms with van der Waals surface area (Å²) < 4.78 is 2.40. The molecule has 126 valence electrons. The lowest BCUT2D eigenvalue weighted by molar-refractivity contribution is 0.292. The Kier molecular flexibility index (Phi) is 5.57. The summed E-state index contributed by atoms with van der Waals surface area (Å²) in [5.41, 5.74) is 2.22. The third kappa shape index (κ3) is 3.70. The van der Waals surface area contributed by atoms with Gasteiger partial charge in [0.25, 0.3) is 0 Å². The van der Waals surface area contributed by atoms with Crippen molar-refractivity contribution >= 4 is 22.6 Å². The molecule has 3 rings (SSSR count). The molecule has 1 fully saturated rings. The molecule has 5 heteroatoms. The fraction of sp³-hybridized carbons (Fsp3) is 0.611. The molecule has 0 spiro atoms. The van der Waals surface area contributed by atoms with Crippen LogP contribution in [0.25, 0.3) is 11.0 Å². The van der Waals surface area contributed by atoms with Crippen LogP contribution in [0.15, 0.2) is 18.2 Å². The van der Waals surface area contributed by atoms with Crippen LogP contribution >= 0.6 is 11.6 Å². The Bertz CT molecular complexity index is 642. The van der Waals surface area contributed by atoms with Crippen LogP contribution < -0.4 is 5.32 Å². The molecule has 1 aliphatic rings. The highest BCUT2D eigenvalue weighted by atomic mass is 35.5. The molecule has 0 aliphatic carbocycles. The topological polar surface area (TPSA) is 33.1 Å². The van der Waals surface area contributed by atoms with Gasteiger partial charge in [-0.1, -0.05) is 25.4 Å². The first-order chi connectivity index (χ1) is 11.2. The Morgan fingerprint density at radius 1 is 1.35 bits per heavy atom. The molecule has 0 amide bonds. The van der Waals surface area contributed by atoms with Crippen LogP contribution in [0.4, 0.5) is 0 Å². The van der Waals surface area contributed by atoms with Gasteiger partial charge in [0.05, 0.1) is 17.1 Å². The van der Waals surface area contributed by atoms with E-state index in [0.717, 1.165) is 49.7 Å². The summed E-state index contributed by atoms with van der Waals surface area (Å²) in [6, 6.07) is 6.45. The van der Waals surface area contributed by atoms with Gasteiger partial charge >= 0.3 is 0 Å². The van der Waals surface area contributed by atoms with Crippen LogP contribution in [0.3, 0.4) is 0 Å². The molecular weight excluding hydrogens is 308 g/mol. The molecule has 2 heterocycles. The lowest BCUT2D eigenvalue weighted by atomic mass is 10.2. The average molecular weight is 335 g/mol. The summed E-state index contributed by atoms with van der Waals surface area (Å²) in [5.74, 6) is 1.18. The lowest BCUT2D eigenvalue weighted by Gasteiger charge is -2.19. The second-order valence-electron chi connectivity index (χ2n) is 6.28. The van der Waals surface area contributed by atoms with Crippen molar-refractivity contribution in [3.8, 4) is 0 Å². The van der Waals surface area contributed by atoms with Crippen molar-refractivity contribution in [3.63, 3.8) is 0 Å². The van der Waals surface area contributed by atoms with Crippen LogP contribution in [-0.4, -0.2) is 40.6 Å². The van der Waals surface area contributed by atoms with Gasteiger partial charge in [0.2, 0.25) is 0 Å². The third-order valence-electron chi connectivity index (χ3n) is 4.86. The van der Waals surface area contributed by atoms with Crippen LogP contribution in [0.5, 0.6) is 0 Å². The first kappa shape index (κ1) is 16.7. The minimum absolute atomic E-state index is 0.384. The number of fused-ring (bicyclic) bond motifs is 1. The summed E-state index contributed by atoms with van der Waals surface area (Å²) in [6.45, 7) is 9.94. The zero-order valence-electron chi connectivity index (χ0n) is 14.2. The zero-order valence-corrected chi connectivity index (χ0v) is 14.9. The van der Waals surface area contributed by atoms with Gasteiger partial charge in [0.15, 0.2) is 0 Å². The highest BCUT2D eigenvalue weighted by molar-refractivity contribution is 6.31. The van der Waals surface area contributed by atoms with Gasteiger partial charge in [0, 0.05) is 11.6 Å². The number of hydrogen-bond donors (Lipinski definition) is 1. The number of aromatic nitrogens is 2. The van der Waals surface area contributed by atoms with E-state index in [1.54, 1.807) is 0 Å². The summed E-state index contributed by atoms with van der Waals surface area (Å²) in [6.07, 6.45) is 3.55. The van der Waals surface area contributed by atoms with Crippen LogP contribution in [0.1, 0.15) is 45.0 Å². The Hall–Kier alpha value is -1.10. The second-order valence-corrected chi connectivity index (χ2v) is 6.72. The highest BCUT2D eigenvalue weighted by Gasteiger charge is 2.23. The minimum atomic E-state index is 0.384. The van der Waals surface area contributed by atoms with Gasteiger partial charge in [-0.05, 0) is 63.6 Å². The van der Waals surface area contributed by atoms with E-state index in [2.05, 4.69) is 34.7 Å². The molecule has 1 N–H and O–H groups in total. The predicted molar refractivity (Wildman–Crippen MR) is 97.1 cm³/mol. The number of rotatable bonds is 7. The van der Waals surface area contributed by atoms with Gasteiger partial charge in [-0.2, -0.15) is 0 Å². The van der Waals surface area contributed by atoms with Crippen LogP contribution in [0.2, 0.25) is 5.02 Å². The summed E-state index contributed by atoms with van der Waals surface area (Å²) in [7, 11) is 0. The Balaban J connectivity index is 1.84. The van der Waals surface area contributed by atoms with E-state index in [9.17, 15) is 0 Å². The largest absolute Gasteiger partial charge is 0.327 e. The molecule has 0 saturated carbocycles. The molecule has 1 aromatic heterocycles. The van der Waals surface area contributed by atoms with Gasteiger partial charge in [-0.15, -0.1) is 0 Å². The smallest absolute Gasteiger partial charge is 0.127 e. The third-order valence-corrected chi connectivity index (χ3v) is 5.10. The fourth-order valence-electron chi connectivity index (χ4n) is 3.52. The van der Waals surface area contributed by atoms with E-state index in [4.69, 9.17) is 16.6 Å². The first-order valence-electron chi connectivity index (χ1n) is 8.84. The molecule has 1 atom stereocenters. The van der Waals surface area contributed by atoms with E-state index < -0.39 is 0 Å². The van der Waals surface area contributed by atoms with E-state index in [1.807, 2.05) is 12.1 Å². The molecule has 4 nitrogen and oxygen atoms in total. The van der Waals surface area contributed by atoms with Gasteiger partial charge in [-0.25, -0.2) is 4.98 Å². The van der Waals surface area contributed by atoms with E-state index in [0.29, 0.717) is 6.04 Å². The lowest BCUT2D eigenvalue weighted by Crippen LogP contribution is -2.25. The fourth-order valence-corrected chi connectivity index (χ4v) is 3.69. The van der Waals surface area contributed by atoms with Crippen molar-refractivity contribution < 1.29 is 0 Å². The SMILES string of the molecule is CCN(CC)CCCn1c(C2CCCN2)nc2cc(Cl)ccc21. The monoisotopic (exact) mass is 334 g/mol. The quantitative estimate of drug-likeness (QED) is 0.835. The molecule has 2 aromatic rings. The van der Waals surface area contributed by atoms with E-state index in [1.165, 1.54) is 24.2 Å². The maximum Gasteiger partial charge on any atom is 0.127 e. The first-order valence-corrected chi connectivity index (χ1v) is 9.22. The van der Waals surface area contributed by atoms with Crippen molar-refractivity contribution in [2.24, 2.45) is 0 Å². The van der Waals surface area contributed by atoms with Crippen molar-refractivity contribution in [2.45, 2.75) is 45.7 Å². The Morgan fingerprint density at radius 3 is 2.87 bits per heavy atom. The Morgan fingerprint density at radius 2 is 2.17 bits per heavy atom. The second kappa shape index (κ2) is 7.65. The molecule has 1 unspecified atom stereocenters. The number of benzene rings is 1. The average Bonchev–Trinajstić information content (AvgIpc) is 3.19. The van der Waals surface area contributed by atoms with Crippen molar-refractivity contribution in [1.29, 1.82) is 0 Å². The normalized spacial score (nSPS) is 18.3. The highest BCUT2D eigenvalue weighted by Crippen LogP contribution is 2.28. The number of hydrogen-bond acceptors (Lipinski definition) is 3. The minimum Gasteiger partial charge on any atom is -0.327 e. The number of imidazole rings is 1. The predicted octanol–water partition coefficient (Wildman–Crippen LogP) is 3.85. The van der Waals surface area contributed by atoms with Gasteiger partial charge in [0.1, 0.15) is 5.82 Å². The van der Waals surface area contributed by atoms with Crippen molar-refractivity contribution in [3.05, 3.63) is 29.0 Å². The van der Waals surface area contributed by atoms with Crippen LogP contribution in [-0.2, 0) is 6.54 Å². The molecule has 23 heavy (non-hydrogen) atoms. The molecule has 1 saturated heterocycles. The maximum absolute atomic E-state index is 6.15. The zero-order chi connectivity index (χ0) is 16.2. The Labute approximate surface area is 143 Å². The molecular formula is C18H27ClN4. The van der Waals surface area contributed by atoms with E-state index >= 15 is 0 Å². The number of aryl methyl sites for hydroxylation is 1. The summed E-state index contributed by atoms with van der Waals surface area (Å²) in [4.78, 5) is 7.37. The van der Waals surface area contributed by atoms with Crippen molar-refractivity contribution in [2.75, 3.05) is 26.2 Å². The van der Waals surface area contributed by atoms with E-state index in [-0.39, 0.29) is 0 Å². The molecule has 1 aromatic carbocycles. The van der Waals surface area contributed by atoms with Crippen molar-refractivity contribution in [1.82, 2.24) is 19.8 Å². The number of halogens is 1. The number of nitrogens with zero attached hydrogens (tertiary/aromatic N) is 3. The molecule has 0 bridgehead atoms. The van der Waals surface area contributed by atoms with Gasteiger partial charge < -0.3 is 14.8 Å². The van der Waals surface area contributed by atoms with Crippen LogP contribution in [0, 0.1) is 0 Å².